The van der Waals surface area contributed by atoms with Gasteiger partial charge in [-0.05, 0) is 38.0 Å². The van der Waals surface area contributed by atoms with Gasteiger partial charge in [0.05, 0.1) is 19.4 Å². The Labute approximate surface area is 124 Å². The van der Waals surface area contributed by atoms with E-state index in [0.29, 0.717) is 18.8 Å². The molecule has 3 nitrogen and oxygen atoms in total. The minimum absolute atomic E-state index is 0.0240. The van der Waals surface area contributed by atoms with Crippen molar-refractivity contribution < 1.29 is 13.5 Å². The van der Waals surface area contributed by atoms with Crippen LogP contribution in [0.5, 0.6) is 0 Å². The fourth-order valence-corrected chi connectivity index (χ4v) is 3.33. The lowest BCUT2D eigenvalue weighted by Crippen LogP contribution is -2.50. The molecule has 0 N–H and O–H groups in total. The number of hydrogen-bond acceptors (Lipinski definition) is 3. The van der Waals surface area contributed by atoms with E-state index in [1.165, 1.54) is 18.2 Å². The molecule has 3 rings (SSSR count). The van der Waals surface area contributed by atoms with Crippen LogP contribution in [0.15, 0.2) is 18.2 Å². The summed E-state index contributed by atoms with van der Waals surface area (Å²) in [6, 6.07) is 3.62. The van der Waals surface area contributed by atoms with Crippen LogP contribution in [0, 0.1) is 18.6 Å². The van der Waals surface area contributed by atoms with Crippen LogP contribution in [0.1, 0.15) is 24.4 Å². The lowest BCUT2D eigenvalue weighted by Gasteiger charge is -2.40. The molecule has 2 heterocycles. The maximum Gasteiger partial charge on any atom is 0.128 e. The fraction of sp³-hybridized carbons (Fsp3) is 0.562. The molecule has 1 radical (unpaired) electrons. The van der Waals surface area contributed by atoms with Gasteiger partial charge in [0.2, 0.25) is 0 Å². The first-order valence-corrected chi connectivity index (χ1v) is 7.52. The van der Waals surface area contributed by atoms with Gasteiger partial charge in [0, 0.05) is 31.2 Å². The Kier molecular flexibility index (Phi) is 4.52. The third-order valence-electron chi connectivity index (χ3n) is 4.46. The lowest BCUT2D eigenvalue weighted by atomic mass is 10.0. The van der Waals surface area contributed by atoms with Crippen molar-refractivity contribution in [1.29, 1.82) is 0 Å². The summed E-state index contributed by atoms with van der Waals surface area (Å²) < 4.78 is 32.9. The lowest BCUT2D eigenvalue weighted by molar-refractivity contribution is -0.0213. The zero-order chi connectivity index (χ0) is 14.8. The molecule has 1 unspecified atom stereocenters. The van der Waals surface area contributed by atoms with Gasteiger partial charge < -0.3 is 4.74 Å². The molecule has 1 aromatic rings. The summed E-state index contributed by atoms with van der Waals surface area (Å²) in [5.74, 6) is -0.715. The average molecular weight is 295 g/mol. The molecule has 2 fully saturated rings. The second kappa shape index (κ2) is 6.38. The molecule has 115 valence electrons. The van der Waals surface area contributed by atoms with E-state index >= 15 is 0 Å². The molecule has 2 aliphatic rings. The van der Waals surface area contributed by atoms with Crippen LogP contribution in [0.3, 0.4) is 0 Å². The summed E-state index contributed by atoms with van der Waals surface area (Å²) in [6.07, 6.45) is 1.80. The Bertz CT molecular complexity index is 491. The van der Waals surface area contributed by atoms with Crippen molar-refractivity contribution in [3.63, 3.8) is 0 Å². The Hall–Kier alpha value is -1.04. The average Bonchev–Trinajstić information content (AvgIpc) is 2.99. The molecule has 0 amide bonds. The highest BCUT2D eigenvalue weighted by Crippen LogP contribution is 2.35. The first-order chi connectivity index (χ1) is 10.2. The second-order valence-corrected chi connectivity index (χ2v) is 5.69. The Morgan fingerprint density at radius 1 is 1.19 bits per heavy atom. The highest BCUT2D eigenvalue weighted by molar-refractivity contribution is 5.23. The van der Waals surface area contributed by atoms with Crippen molar-refractivity contribution in [3.05, 3.63) is 42.3 Å². The van der Waals surface area contributed by atoms with Crippen molar-refractivity contribution in [3.8, 4) is 0 Å². The van der Waals surface area contributed by atoms with Crippen LogP contribution in [0.25, 0.3) is 0 Å². The summed E-state index contributed by atoms with van der Waals surface area (Å²) in [7, 11) is 0. The van der Waals surface area contributed by atoms with E-state index in [0.717, 1.165) is 32.5 Å². The standard InChI is InChI=1S/C16H21F2N2O/c1-12(19-7-9-21-10-8-19)20-6-2-3-16(20)14-11-13(17)4-5-15(14)18/h4-5,11-12,16H,1-3,6-10H2/t12?,16-/m1/s1. The van der Waals surface area contributed by atoms with E-state index in [-0.39, 0.29) is 23.8 Å². The first-order valence-electron chi connectivity index (χ1n) is 7.52. The molecule has 0 aromatic heterocycles. The second-order valence-electron chi connectivity index (χ2n) is 5.69. The van der Waals surface area contributed by atoms with Gasteiger partial charge in [-0.25, -0.2) is 8.78 Å². The van der Waals surface area contributed by atoms with Crippen LogP contribution in [-0.4, -0.2) is 48.8 Å². The smallest absolute Gasteiger partial charge is 0.128 e. The van der Waals surface area contributed by atoms with E-state index in [2.05, 4.69) is 16.7 Å². The van der Waals surface area contributed by atoms with Gasteiger partial charge in [-0.15, -0.1) is 0 Å². The van der Waals surface area contributed by atoms with Gasteiger partial charge in [0.15, 0.2) is 0 Å². The number of hydrogen-bond donors (Lipinski definition) is 0. The molecule has 2 atom stereocenters. The number of ether oxygens (including phenoxy) is 1. The zero-order valence-electron chi connectivity index (χ0n) is 12.1. The number of nitrogens with zero attached hydrogens (tertiary/aromatic N) is 2. The maximum absolute atomic E-state index is 14.1. The number of halogens is 2. The van der Waals surface area contributed by atoms with Crippen LogP contribution in [0.2, 0.25) is 0 Å². The fourth-order valence-electron chi connectivity index (χ4n) is 3.33. The van der Waals surface area contributed by atoms with Crippen LogP contribution >= 0.6 is 0 Å². The largest absolute Gasteiger partial charge is 0.379 e. The minimum Gasteiger partial charge on any atom is -0.379 e. The Morgan fingerprint density at radius 2 is 1.95 bits per heavy atom. The molecule has 21 heavy (non-hydrogen) atoms. The van der Waals surface area contributed by atoms with Gasteiger partial charge in [-0.3, -0.25) is 9.80 Å². The monoisotopic (exact) mass is 295 g/mol. The summed E-state index contributed by atoms with van der Waals surface area (Å²) in [5.41, 5.74) is 0.453. The van der Waals surface area contributed by atoms with Gasteiger partial charge in [-0.1, -0.05) is 0 Å². The quantitative estimate of drug-likeness (QED) is 0.852. The molecule has 0 saturated carbocycles. The SMILES string of the molecule is [CH2]C(N1CCOCC1)N1CCC[C@@H]1c1cc(F)ccc1F. The molecule has 5 heteroatoms. The summed E-state index contributed by atoms with van der Waals surface area (Å²) in [4.78, 5) is 4.43. The van der Waals surface area contributed by atoms with Crippen molar-refractivity contribution >= 4 is 0 Å². The Balaban J connectivity index is 1.79. The number of morpholine rings is 1. The Morgan fingerprint density at radius 3 is 2.71 bits per heavy atom. The molecule has 2 saturated heterocycles. The highest BCUT2D eigenvalue weighted by atomic mass is 19.1. The van der Waals surface area contributed by atoms with E-state index < -0.39 is 0 Å². The predicted octanol–water partition coefficient (Wildman–Crippen LogP) is 2.59. The first kappa shape index (κ1) is 14.9. The number of rotatable bonds is 3. The molecular weight excluding hydrogens is 274 g/mol. The predicted molar refractivity (Wildman–Crippen MR) is 76.6 cm³/mol. The van der Waals surface area contributed by atoms with E-state index in [9.17, 15) is 8.78 Å². The topological polar surface area (TPSA) is 15.7 Å². The van der Waals surface area contributed by atoms with E-state index in [4.69, 9.17) is 4.74 Å². The molecule has 0 spiro atoms. The van der Waals surface area contributed by atoms with Crippen molar-refractivity contribution in [2.45, 2.75) is 25.0 Å². The summed E-state index contributed by atoms with van der Waals surface area (Å²) in [5, 5.41) is 0. The normalized spacial score (nSPS) is 26.1. The highest BCUT2D eigenvalue weighted by Gasteiger charge is 2.34. The van der Waals surface area contributed by atoms with Crippen LogP contribution in [-0.2, 0) is 4.74 Å². The van der Waals surface area contributed by atoms with Gasteiger partial charge in [-0.2, -0.15) is 0 Å². The number of benzene rings is 1. The zero-order valence-corrected chi connectivity index (χ0v) is 12.1. The van der Waals surface area contributed by atoms with Gasteiger partial charge in [0.1, 0.15) is 11.6 Å². The molecule has 1 aromatic carbocycles. The van der Waals surface area contributed by atoms with Crippen molar-refractivity contribution in [2.75, 3.05) is 32.8 Å². The van der Waals surface area contributed by atoms with Gasteiger partial charge >= 0.3 is 0 Å². The van der Waals surface area contributed by atoms with Crippen LogP contribution in [0.4, 0.5) is 8.78 Å². The third-order valence-corrected chi connectivity index (χ3v) is 4.46. The number of likely N-dealkylation sites (tertiary alicyclic amines) is 1. The van der Waals surface area contributed by atoms with Crippen molar-refractivity contribution in [1.82, 2.24) is 9.80 Å². The molecule has 0 bridgehead atoms. The van der Waals surface area contributed by atoms with Gasteiger partial charge in [0.25, 0.3) is 0 Å². The molecule has 0 aliphatic carbocycles. The van der Waals surface area contributed by atoms with Crippen LogP contribution < -0.4 is 0 Å². The minimum atomic E-state index is -0.384. The van der Waals surface area contributed by atoms with E-state index in [1.54, 1.807) is 0 Å². The third kappa shape index (κ3) is 3.10. The summed E-state index contributed by atoms with van der Waals surface area (Å²) in [6.45, 7) is 8.21. The molecule has 2 aliphatic heterocycles. The van der Waals surface area contributed by atoms with Crippen molar-refractivity contribution in [2.24, 2.45) is 0 Å². The molecular formula is C16H21F2N2O. The maximum atomic E-state index is 14.1. The van der Waals surface area contributed by atoms with E-state index in [1.807, 2.05) is 0 Å². The summed E-state index contributed by atoms with van der Waals surface area (Å²) >= 11 is 0.